The van der Waals surface area contributed by atoms with Crippen LogP contribution in [-0.2, 0) is 9.84 Å². The quantitative estimate of drug-likeness (QED) is 0.775. The average molecular weight is 391 g/mol. The Morgan fingerprint density at radius 1 is 1.11 bits per heavy atom. The van der Waals surface area contributed by atoms with Gasteiger partial charge in [0.2, 0.25) is 0 Å². The zero-order valence-corrected chi connectivity index (χ0v) is 15.9. The number of hydrogen-bond donors (Lipinski definition) is 2. The standard InChI is InChI=1S/C18H21N3O5S/c1-25-16-4-3-12(10-17(16)26-2)21-18(22)15-9-13(5-7-19-15)20-14-6-8-27(23,24)11-14/h3-5,7,9-10,14H,6,8,11H2,1-2H3,(H,19,20)(H,21,22). The maximum absolute atomic E-state index is 12.5. The molecule has 144 valence electrons. The van der Waals surface area contributed by atoms with Crippen LogP contribution in [0.4, 0.5) is 11.4 Å². The molecule has 27 heavy (non-hydrogen) atoms. The van der Waals surface area contributed by atoms with Crippen molar-refractivity contribution in [3.63, 3.8) is 0 Å². The van der Waals surface area contributed by atoms with Gasteiger partial charge in [0.05, 0.1) is 25.7 Å². The zero-order valence-electron chi connectivity index (χ0n) is 15.1. The van der Waals surface area contributed by atoms with E-state index in [0.29, 0.717) is 29.3 Å². The fraction of sp³-hybridized carbons (Fsp3) is 0.333. The molecule has 1 atom stereocenters. The molecule has 1 unspecified atom stereocenters. The molecule has 1 aromatic carbocycles. The molecule has 0 bridgehead atoms. The van der Waals surface area contributed by atoms with Gasteiger partial charge in [-0.2, -0.15) is 0 Å². The summed E-state index contributed by atoms with van der Waals surface area (Å²) in [5.41, 5.74) is 1.42. The van der Waals surface area contributed by atoms with Crippen LogP contribution in [0.15, 0.2) is 36.5 Å². The highest BCUT2D eigenvalue weighted by molar-refractivity contribution is 7.91. The van der Waals surface area contributed by atoms with Gasteiger partial charge in [0.25, 0.3) is 5.91 Å². The van der Waals surface area contributed by atoms with E-state index in [9.17, 15) is 13.2 Å². The third-order valence-electron chi connectivity index (χ3n) is 4.24. The van der Waals surface area contributed by atoms with E-state index in [1.54, 1.807) is 30.3 Å². The lowest BCUT2D eigenvalue weighted by Gasteiger charge is -2.13. The molecule has 8 nitrogen and oxygen atoms in total. The predicted molar refractivity (Wildman–Crippen MR) is 102 cm³/mol. The maximum Gasteiger partial charge on any atom is 0.274 e. The van der Waals surface area contributed by atoms with Gasteiger partial charge in [-0.1, -0.05) is 0 Å². The number of nitrogens with one attached hydrogen (secondary N) is 2. The number of aromatic nitrogens is 1. The topological polar surface area (TPSA) is 107 Å². The van der Waals surface area contributed by atoms with Crippen molar-refractivity contribution in [2.24, 2.45) is 0 Å². The van der Waals surface area contributed by atoms with E-state index >= 15 is 0 Å². The van der Waals surface area contributed by atoms with Gasteiger partial charge in [-0.25, -0.2) is 8.42 Å². The summed E-state index contributed by atoms with van der Waals surface area (Å²) in [6, 6.07) is 8.20. The molecule has 1 aromatic heterocycles. The molecular weight excluding hydrogens is 370 g/mol. The number of sulfone groups is 1. The Labute approximate surface area is 157 Å². The lowest BCUT2D eigenvalue weighted by Crippen LogP contribution is -2.21. The van der Waals surface area contributed by atoms with Crippen LogP contribution in [0, 0.1) is 0 Å². The number of benzene rings is 1. The number of pyridine rings is 1. The number of carbonyl (C=O) groups excluding carboxylic acids is 1. The van der Waals surface area contributed by atoms with Crippen molar-refractivity contribution >= 4 is 27.1 Å². The molecule has 1 aliphatic rings. The highest BCUT2D eigenvalue weighted by Crippen LogP contribution is 2.30. The Balaban J connectivity index is 1.70. The summed E-state index contributed by atoms with van der Waals surface area (Å²) in [6.45, 7) is 0. The second-order valence-electron chi connectivity index (χ2n) is 6.20. The normalized spacial score (nSPS) is 17.9. The van der Waals surface area contributed by atoms with Crippen LogP contribution < -0.4 is 20.1 Å². The van der Waals surface area contributed by atoms with E-state index < -0.39 is 9.84 Å². The van der Waals surface area contributed by atoms with E-state index in [2.05, 4.69) is 15.6 Å². The first-order chi connectivity index (χ1) is 12.9. The molecular formula is C18H21N3O5S. The summed E-state index contributed by atoms with van der Waals surface area (Å²) in [5.74, 6) is 0.961. The van der Waals surface area contributed by atoms with Crippen LogP contribution in [0.25, 0.3) is 0 Å². The Morgan fingerprint density at radius 3 is 2.56 bits per heavy atom. The van der Waals surface area contributed by atoms with Crippen LogP contribution in [-0.4, -0.2) is 51.1 Å². The van der Waals surface area contributed by atoms with Gasteiger partial charge in [-0.05, 0) is 30.7 Å². The Bertz CT molecular complexity index is 946. The molecule has 0 aliphatic carbocycles. The Kier molecular flexibility index (Phi) is 5.50. The molecule has 2 N–H and O–H groups in total. The third-order valence-corrected chi connectivity index (χ3v) is 6.01. The number of anilines is 2. The average Bonchev–Trinajstić information content (AvgIpc) is 3.00. The van der Waals surface area contributed by atoms with Gasteiger partial charge in [0.15, 0.2) is 21.3 Å². The molecule has 1 aliphatic heterocycles. The number of rotatable bonds is 6. The number of ether oxygens (including phenoxy) is 2. The first-order valence-corrected chi connectivity index (χ1v) is 10.2. The number of hydrogen-bond acceptors (Lipinski definition) is 7. The van der Waals surface area contributed by atoms with Crippen LogP contribution in [0.2, 0.25) is 0 Å². The van der Waals surface area contributed by atoms with Crippen molar-refractivity contribution in [1.29, 1.82) is 0 Å². The number of amides is 1. The van der Waals surface area contributed by atoms with E-state index in [1.165, 1.54) is 20.4 Å². The van der Waals surface area contributed by atoms with Gasteiger partial charge in [0.1, 0.15) is 5.69 Å². The lowest BCUT2D eigenvalue weighted by molar-refractivity contribution is 0.102. The van der Waals surface area contributed by atoms with Gasteiger partial charge in [0, 0.05) is 29.7 Å². The summed E-state index contributed by atoms with van der Waals surface area (Å²) < 4.78 is 33.5. The fourth-order valence-electron chi connectivity index (χ4n) is 2.90. The van der Waals surface area contributed by atoms with Crippen molar-refractivity contribution in [3.05, 3.63) is 42.2 Å². The first-order valence-electron chi connectivity index (χ1n) is 8.36. The molecule has 1 saturated heterocycles. The monoisotopic (exact) mass is 391 g/mol. The molecule has 0 saturated carbocycles. The van der Waals surface area contributed by atoms with Gasteiger partial charge >= 0.3 is 0 Å². The minimum atomic E-state index is -2.97. The Hall–Kier alpha value is -2.81. The van der Waals surface area contributed by atoms with Crippen LogP contribution in [0.5, 0.6) is 11.5 Å². The molecule has 9 heteroatoms. The second kappa shape index (κ2) is 7.83. The van der Waals surface area contributed by atoms with Crippen molar-refractivity contribution in [2.45, 2.75) is 12.5 Å². The lowest BCUT2D eigenvalue weighted by atomic mass is 10.2. The minimum absolute atomic E-state index is 0.0997. The van der Waals surface area contributed by atoms with Crippen molar-refractivity contribution in [3.8, 4) is 11.5 Å². The molecule has 2 heterocycles. The summed E-state index contributed by atoms with van der Waals surface area (Å²) in [7, 11) is 0.0784. The van der Waals surface area contributed by atoms with Gasteiger partial charge < -0.3 is 20.1 Å². The SMILES string of the molecule is COc1ccc(NC(=O)c2cc(NC3CCS(=O)(=O)C3)ccn2)cc1OC. The van der Waals surface area contributed by atoms with Crippen molar-refractivity contribution in [1.82, 2.24) is 4.98 Å². The molecule has 3 rings (SSSR count). The molecule has 1 fully saturated rings. The van der Waals surface area contributed by atoms with Crippen LogP contribution in [0.1, 0.15) is 16.9 Å². The summed E-state index contributed by atoms with van der Waals surface area (Å²) in [6.07, 6.45) is 2.06. The minimum Gasteiger partial charge on any atom is -0.493 e. The first kappa shape index (κ1) is 19.0. The number of methoxy groups -OCH3 is 2. The van der Waals surface area contributed by atoms with E-state index in [0.717, 1.165) is 0 Å². The van der Waals surface area contributed by atoms with Crippen molar-refractivity contribution in [2.75, 3.05) is 36.4 Å². The number of carbonyl (C=O) groups is 1. The molecule has 1 amide bonds. The predicted octanol–water partition coefficient (Wildman–Crippen LogP) is 1.95. The van der Waals surface area contributed by atoms with Gasteiger partial charge in [-0.15, -0.1) is 0 Å². The van der Waals surface area contributed by atoms with E-state index in [4.69, 9.17) is 9.47 Å². The molecule has 2 aromatic rings. The van der Waals surface area contributed by atoms with Crippen molar-refractivity contribution < 1.29 is 22.7 Å². The summed E-state index contributed by atoms with van der Waals surface area (Å²) >= 11 is 0. The second-order valence-corrected chi connectivity index (χ2v) is 8.43. The number of nitrogens with zero attached hydrogens (tertiary/aromatic N) is 1. The largest absolute Gasteiger partial charge is 0.493 e. The van der Waals surface area contributed by atoms with Crippen LogP contribution in [0.3, 0.4) is 0 Å². The highest BCUT2D eigenvalue weighted by Gasteiger charge is 2.27. The smallest absolute Gasteiger partial charge is 0.274 e. The fourth-order valence-corrected chi connectivity index (χ4v) is 4.57. The van der Waals surface area contributed by atoms with Crippen LogP contribution >= 0.6 is 0 Å². The zero-order chi connectivity index (χ0) is 19.4. The van der Waals surface area contributed by atoms with E-state index in [-0.39, 0.29) is 29.1 Å². The van der Waals surface area contributed by atoms with E-state index in [1.807, 2.05) is 0 Å². The van der Waals surface area contributed by atoms with Gasteiger partial charge in [-0.3, -0.25) is 9.78 Å². The third kappa shape index (κ3) is 4.68. The molecule has 0 radical (unpaired) electrons. The summed E-state index contributed by atoms with van der Waals surface area (Å²) in [4.78, 5) is 16.6. The molecule has 0 spiro atoms. The Morgan fingerprint density at radius 2 is 1.89 bits per heavy atom. The highest BCUT2D eigenvalue weighted by atomic mass is 32.2. The summed E-state index contributed by atoms with van der Waals surface area (Å²) in [5, 5.41) is 5.91. The maximum atomic E-state index is 12.5.